The molecule has 1 aromatic rings. The zero-order valence-electron chi connectivity index (χ0n) is 20.8. The second-order valence-electron chi connectivity index (χ2n) is 9.63. The van der Waals surface area contributed by atoms with Crippen LogP contribution in [0.4, 0.5) is 0 Å². The van der Waals surface area contributed by atoms with Crippen LogP contribution in [0.25, 0.3) is 0 Å². The number of aliphatic hydroxyl groups excluding tert-OH is 1. The Kier molecular flexibility index (Phi) is 12.3. The molecule has 0 fully saturated rings. The summed E-state index contributed by atoms with van der Waals surface area (Å²) in [5.41, 5.74) is 6.55. The van der Waals surface area contributed by atoms with Crippen molar-refractivity contribution < 1.29 is 24.2 Å². The van der Waals surface area contributed by atoms with Gasteiger partial charge in [-0.2, -0.15) is 0 Å². The van der Waals surface area contributed by atoms with Gasteiger partial charge >= 0.3 is 5.97 Å². The molecule has 0 aliphatic carbocycles. The number of aliphatic hydroxyl groups is 1. The van der Waals surface area contributed by atoms with Crippen molar-refractivity contribution in [3.05, 3.63) is 48.0 Å². The van der Waals surface area contributed by atoms with E-state index in [9.17, 15) is 14.7 Å². The third-order valence-electron chi connectivity index (χ3n) is 5.17. The normalized spacial score (nSPS) is 15.2. The molecule has 0 saturated carbocycles. The summed E-state index contributed by atoms with van der Waals surface area (Å²) in [7, 11) is 0. The molecule has 1 aromatic carbocycles. The first kappa shape index (κ1) is 28.8. The minimum absolute atomic E-state index is 0.0418. The van der Waals surface area contributed by atoms with Gasteiger partial charge in [-0.3, -0.25) is 9.59 Å². The first-order chi connectivity index (χ1) is 15.5. The summed E-state index contributed by atoms with van der Waals surface area (Å²) in [6, 6.07) is 8.71. The van der Waals surface area contributed by atoms with Gasteiger partial charge < -0.3 is 25.6 Å². The van der Waals surface area contributed by atoms with Crippen LogP contribution >= 0.6 is 0 Å². The third kappa shape index (κ3) is 11.0. The highest BCUT2D eigenvalue weighted by atomic mass is 16.6. The van der Waals surface area contributed by atoms with E-state index in [0.29, 0.717) is 26.2 Å². The number of ether oxygens (including phenoxy) is 2. The van der Waals surface area contributed by atoms with Gasteiger partial charge in [0, 0.05) is 18.7 Å². The summed E-state index contributed by atoms with van der Waals surface area (Å²) < 4.78 is 11.3. The molecule has 4 N–H and O–H groups in total. The van der Waals surface area contributed by atoms with Crippen LogP contribution in [-0.4, -0.2) is 47.9 Å². The minimum Gasteiger partial charge on any atom is -0.460 e. The SMILES string of the molecule is C=C(C(=O)NCCCC)C(N)C(O)C(CC(C)COCc1ccccc1)C(=O)OC(C)(C)C. The first-order valence-corrected chi connectivity index (χ1v) is 11.7. The number of amides is 1. The van der Waals surface area contributed by atoms with Crippen molar-refractivity contribution in [1.29, 1.82) is 0 Å². The average Bonchev–Trinajstić information content (AvgIpc) is 2.75. The summed E-state index contributed by atoms with van der Waals surface area (Å²) in [4.78, 5) is 25.3. The van der Waals surface area contributed by atoms with Crippen molar-refractivity contribution in [3.8, 4) is 0 Å². The molecule has 0 bridgehead atoms. The van der Waals surface area contributed by atoms with Crippen LogP contribution in [0.3, 0.4) is 0 Å². The van der Waals surface area contributed by atoms with Gasteiger partial charge in [0.1, 0.15) is 5.60 Å². The van der Waals surface area contributed by atoms with Crippen molar-refractivity contribution >= 4 is 11.9 Å². The number of carbonyl (C=O) groups is 2. The number of nitrogens with one attached hydrogen (secondary N) is 1. The predicted molar refractivity (Wildman–Crippen MR) is 130 cm³/mol. The average molecular weight is 463 g/mol. The van der Waals surface area contributed by atoms with E-state index in [2.05, 4.69) is 11.9 Å². The highest BCUT2D eigenvalue weighted by molar-refractivity contribution is 5.94. The van der Waals surface area contributed by atoms with Gasteiger partial charge in [-0.05, 0) is 45.1 Å². The van der Waals surface area contributed by atoms with E-state index in [1.54, 1.807) is 20.8 Å². The van der Waals surface area contributed by atoms with E-state index in [4.69, 9.17) is 15.2 Å². The molecule has 1 rings (SSSR count). The molecule has 1 amide bonds. The maximum atomic E-state index is 12.9. The largest absolute Gasteiger partial charge is 0.460 e. The van der Waals surface area contributed by atoms with E-state index in [1.165, 1.54) is 0 Å². The molecule has 0 aliphatic heterocycles. The zero-order valence-corrected chi connectivity index (χ0v) is 20.8. The number of rotatable bonds is 14. The molecule has 7 nitrogen and oxygen atoms in total. The molecule has 0 aromatic heterocycles. The minimum atomic E-state index is -1.32. The number of esters is 1. The number of unbranched alkanes of at least 4 members (excludes halogenated alkanes) is 1. The van der Waals surface area contributed by atoms with Crippen LogP contribution in [-0.2, 0) is 25.7 Å². The molecule has 0 radical (unpaired) electrons. The molecular formula is C26H42N2O5. The number of hydrogen-bond acceptors (Lipinski definition) is 6. The lowest BCUT2D eigenvalue weighted by atomic mass is 9.85. The molecule has 0 heterocycles. The molecule has 7 heteroatoms. The van der Waals surface area contributed by atoms with Gasteiger partial charge in [-0.1, -0.05) is 57.2 Å². The van der Waals surface area contributed by atoms with Gasteiger partial charge in [0.25, 0.3) is 0 Å². The Bertz CT molecular complexity index is 745. The fraction of sp³-hybridized carbons (Fsp3) is 0.615. The van der Waals surface area contributed by atoms with Crippen LogP contribution in [0.15, 0.2) is 42.5 Å². The van der Waals surface area contributed by atoms with Crippen LogP contribution in [0.5, 0.6) is 0 Å². The Hall–Kier alpha value is -2.22. The maximum Gasteiger partial charge on any atom is 0.312 e. The quantitative estimate of drug-likeness (QED) is 0.222. The summed E-state index contributed by atoms with van der Waals surface area (Å²) in [6.07, 6.45) is 0.744. The molecule has 33 heavy (non-hydrogen) atoms. The second kappa shape index (κ2) is 14.1. The van der Waals surface area contributed by atoms with Crippen molar-refractivity contribution in [2.24, 2.45) is 17.6 Å². The van der Waals surface area contributed by atoms with E-state index >= 15 is 0 Å². The monoisotopic (exact) mass is 462 g/mol. The molecule has 0 saturated heterocycles. The fourth-order valence-corrected chi connectivity index (χ4v) is 3.31. The topological polar surface area (TPSA) is 111 Å². The van der Waals surface area contributed by atoms with E-state index < -0.39 is 35.5 Å². The highest BCUT2D eigenvalue weighted by Gasteiger charge is 2.37. The predicted octanol–water partition coefficient (Wildman–Crippen LogP) is 3.35. The third-order valence-corrected chi connectivity index (χ3v) is 5.17. The molecule has 186 valence electrons. The molecular weight excluding hydrogens is 420 g/mol. The van der Waals surface area contributed by atoms with Gasteiger partial charge in [0.2, 0.25) is 5.91 Å². The van der Waals surface area contributed by atoms with Gasteiger partial charge in [-0.25, -0.2) is 0 Å². The van der Waals surface area contributed by atoms with Crippen molar-refractivity contribution in [2.45, 2.75) is 78.2 Å². The fourth-order valence-electron chi connectivity index (χ4n) is 3.31. The number of nitrogens with two attached hydrogens (primary N) is 1. The Morgan fingerprint density at radius 2 is 1.85 bits per heavy atom. The lowest BCUT2D eigenvalue weighted by molar-refractivity contribution is -0.165. The highest BCUT2D eigenvalue weighted by Crippen LogP contribution is 2.24. The molecule has 4 unspecified atom stereocenters. The lowest BCUT2D eigenvalue weighted by Crippen LogP contribution is -2.49. The van der Waals surface area contributed by atoms with E-state index in [0.717, 1.165) is 18.4 Å². The first-order valence-electron chi connectivity index (χ1n) is 11.7. The van der Waals surface area contributed by atoms with Crippen LogP contribution in [0.2, 0.25) is 0 Å². The number of hydrogen-bond donors (Lipinski definition) is 3. The molecule has 4 atom stereocenters. The maximum absolute atomic E-state index is 12.9. The Morgan fingerprint density at radius 1 is 1.21 bits per heavy atom. The van der Waals surface area contributed by atoms with Gasteiger partial charge in [0.05, 0.1) is 24.7 Å². The standard InChI is InChI=1S/C26H42N2O5/c1-7-8-14-28-24(30)19(3)22(27)23(29)21(25(31)33-26(4,5)6)15-18(2)16-32-17-20-12-10-9-11-13-20/h9-13,18,21-23,29H,3,7-8,14-17,27H2,1-2,4-6H3,(H,28,30). The Balaban J connectivity index is 2.81. The van der Waals surface area contributed by atoms with Crippen LogP contribution in [0.1, 0.15) is 59.4 Å². The second-order valence-corrected chi connectivity index (χ2v) is 9.63. The molecule has 0 aliphatic rings. The number of benzene rings is 1. The number of carbonyl (C=O) groups excluding carboxylic acids is 2. The zero-order chi connectivity index (χ0) is 25.0. The Labute approximate surface area is 198 Å². The smallest absolute Gasteiger partial charge is 0.312 e. The molecule has 0 spiro atoms. The lowest BCUT2D eigenvalue weighted by Gasteiger charge is -2.31. The van der Waals surface area contributed by atoms with Crippen molar-refractivity contribution in [2.75, 3.05) is 13.2 Å². The summed E-state index contributed by atoms with van der Waals surface area (Å²) in [6.45, 7) is 14.4. The Morgan fingerprint density at radius 3 is 2.42 bits per heavy atom. The summed E-state index contributed by atoms with van der Waals surface area (Å²) >= 11 is 0. The van der Waals surface area contributed by atoms with Crippen molar-refractivity contribution in [3.63, 3.8) is 0 Å². The van der Waals surface area contributed by atoms with Crippen LogP contribution < -0.4 is 11.1 Å². The van der Waals surface area contributed by atoms with Crippen molar-refractivity contribution in [1.82, 2.24) is 5.32 Å². The van der Waals surface area contributed by atoms with Gasteiger partial charge in [0.15, 0.2) is 0 Å². The van der Waals surface area contributed by atoms with Crippen LogP contribution in [0, 0.1) is 11.8 Å². The van der Waals surface area contributed by atoms with E-state index in [1.807, 2.05) is 44.2 Å². The van der Waals surface area contributed by atoms with E-state index in [-0.39, 0.29) is 11.5 Å². The van der Waals surface area contributed by atoms with Gasteiger partial charge in [-0.15, -0.1) is 0 Å². The summed E-state index contributed by atoms with van der Waals surface area (Å²) in [5, 5.41) is 13.7. The summed E-state index contributed by atoms with van der Waals surface area (Å²) in [5.74, 6) is -1.95.